The van der Waals surface area contributed by atoms with Gasteiger partial charge >= 0.3 is 0 Å². The quantitative estimate of drug-likeness (QED) is 0.942. The number of hydrogen-bond donors (Lipinski definition) is 1. The van der Waals surface area contributed by atoms with E-state index in [9.17, 15) is 9.59 Å². The number of carbonyl (C=O) groups is 2. The molecule has 2 atom stereocenters. The highest BCUT2D eigenvalue weighted by Gasteiger charge is 2.46. The molecule has 5 heteroatoms. The first kappa shape index (κ1) is 14.9. The summed E-state index contributed by atoms with van der Waals surface area (Å²) in [6, 6.07) is 9.33. The van der Waals surface area contributed by atoms with Crippen molar-refractivity contribution in [1.29, 1.82) is 0 Å². The van der Waals surface area contributed by atoms with Gasteiger partial charge in [-0.25, -0.2) is 0 Å². The summed E-state index contributed by atoms with van der Waals surface area (Å²) in [6.07, 6.45) is 6.26. The van der Waals surface area contributed by atoms with Gasteiger partial charge in [0.25, 0.3) is 0 Å². The highest BCUT2D eigenvalue weighted by molar-refractivity contribution is 5.99. The Balaban J connectivity index is 1.56. The number of rotatable bonds is 3. The number of aryl methyl sites for hydroxylation is 1. The zero-order chi connectivity index (χ0) is 16.7. The van der Waals surface area contributed by atoms with E-state index in [1.807, 2.05) is 35.4 Å². The summed E-state index contributed by atoms with van der Waals surface area (Å²) in [4.78, 5) is 30.3. The molecule has 1 fully saturated rings. The van der Waals surface area contributed by atoms with E-state index >= 15 is 0 Å². The van der Waals surface area contributed by atoms with Crippen molar-refractivity contribution < 1.29 is 9.59 Å². The fourth-order valence-corrected chi connectivity index (χ4v) is 3.61. The van der Waals surface area contributed by atoms with E-state index in [2.05, 4.69) is 4.98 Å². The van der Waals surface area contributed by atoms with E-state index in [0.717, 1.165) is 42.6 Å². The number of pyridine rings is 1. The van der Waals surface area contributed by atoms with Gasteiger partial charge in [0.1, 0.15) is 0 Å². The van der Waals surface area contributed by atoms with E-state index in [1.54, 1.807) is 12.3 Å². The van der Waals surface area contributed by atoms with Crippen molar-refractivity contribution in [2.24, 2.45) is 11.7 Å². The number of carbonyl (C=O) groups excluding carboxylic acids is 2. The molecular weight excluding hydrogens is 302 g/mol. The van der Waals surface area contributed by atoms with Crippen LogP contribution < -0.4 is 10.6 Å². The summed E-state index contributed by atoms with van der Waals surface area (Å²) in [5, 5.41) is 0. The Labute approximate surface area is 140 Å². The van der Waals surface area contributed by atoms with Crippen LogP contribution in [0, 0.1) is 5.92 Å². The van der Waals surface area contributed by atoms with Gasteiger partial charge in [0.05, 0.1) is 0 Å². The Morgan fingerprint density at radius 2 is 2.12 bits per heavy atom. The van der Waals surface area contributed by atoms with Gasteiger partial charge in [-0.15, -0.1) is 0 Å². The van der Waals surface area contributed by atoms with Crippen LogP contribution in [0.2, 0.25) is 0 Å². The van der Waals surface area contributed by atoms with Crippen LogP contribution in [0.3, 0.4) is 0 Å². The van der Waals surface area contributed by atoms with Crippen LogP contribution in [-0.4, -0.2) is 23.3 Å². The third kappa shape index (κ3) is 2.56. The summed E-state index contributed by atoms with van der Waals surface area (Å²) >= 11 is 0. The van der Waals surface area contributed by atoms with Crippen molar-refractivity contribution in [2.45, 2.75) is 25.2 Å². The standard InChI is InChI=1S/C19H19N3O2/c20-18(23)13-5-6-17-12(9-13)4-2-8-22(17)19(24)16-10-15(16)14-3-1-7-21-11-14/h1,3,5-7,9,11,15-16H,2,4,8,10H2,(H2,20,23)/t15-,16+/m0/s1. The highest BCUT2D eigenvalue weighted by atomic mass is 16.2. The van der Waals surface area contributed by atoms with Gasteiger partial charge in [-0.2, -0.15) is 0 Å². The Kier molecular flexibility index (Phi) is 3.56. The molecule has 1 aromatic heterocycles. The van der Waals surface area contributed by atoms with Gasteiger partial charge in [-0.3, -0.25) is 14.6 Å². The SMILES string of the molecule is NC(=O)c1ccc2c(c1)CCCN2C(=O)[C@@H]1C[C@H]1c1cccnc1. The molecular formula is C19H19N3O2. The van der Waals surface area contributed by atoms with Crippen LogP contribution >= 0.6 is 0 Å². The lowest BCUT2D eigenvalue weighted by atomic mass is 9.98. The third-order valence-corrected chi connectivity index (χ3v) is 4.97. The molecule has 4 rings (SSSR count). The molecule has 1 aliphatic carbocycles. The molecule has 0 saturated heterocycles. The molecule has 2 heterocycles. The molecule has 1 saturated carbocycles. The fourth-order valence-electron chi connectivity index (χ4n) is 3.61. The van der Waals surface area contributed by atoms with Crippen LogP contribution in [0.25, 0.3) is 0 Å². The van der Waals surface area contributed by atoms with Crippen molar-refractivity contribution in [1.82, 2.24) is 4.98 Å². The molecule has 0 bridgehead atoms. The largest absolute Gasteiger partial charge is 0.366 e. The second kappa shape index (κ2) is 5.74. The summed E-state index contributed by atoms with van der Waals surface area (Å²) < 4.78 is 0. The van der Waals surface area contributed by atoms with Crippen LogP contribution in [-0.2, 0) is 11.2 Å². The van der Waals surface area contributed by atoms with Crippen LogP contribution in [0.5, 0.6) is 0 Å². The average molecular weight is 321 g/mol. The Hall–Kier alpha value is -2.69. The maximum absolute atomic E-state index is 12.9. The molecule has 2 N–H and O–H groups in total. The average Bonchev–Trinajstić information content (AvgIpc) is 3.41. The van der Waals surface area contributed by atoms with Gasteiger partial charge in [-0.05, 0) is 60.6 Å². The monoisotopic (exact) mass is 321 g/mol. The third-order valence-electron chi connectivity index (χ3n) is 4.97. The summed E-state index contributed by atoms with van der Waals surface area (Å²) in [7, 11) is 0. The first-order valence-electron chi connectivity index (χ1n) is 8.29. The normalized spacial score (nSPS) is 21.9. The molecule has 5 nitrogen and oxygen atoms in total. The van der Waals surface area contributed by atoms with Gasteiger partial charge in [0, 0.05) is 36.1 Å². The zero-order valence-corrected chi connectivity index (χ0v) is 13.3. The van der Waals surface area contributed by atoms with Gasteiger partial charge in [0.2, 0.25) is 11.8 Å². The van der Waals surface area contributed by atoms with Crippen molar-refractivity contribution in [3.63, 3.8) is 0 Å². The molecule has 24 heavy (non-hydrogen) atoms. The summed E-state index contributed by atoms with van der Waals surface area (Å²) in [6.45, 7) is 0.734. The minimum Gasteiger partial charge on any atom is -0.366 e. The number of fused-ring (bicyclic) bond motifs is 1. The Morgan fingerprint density at radius 1 is 1.25 bits per heavy atom. The van der Waals surface area contributed by atoms with Crippen LogP contribution in [0.15, 0.2) is 42.7 Å². The van der Waals surface area contributed by atoms with Crippen LogP contribution in [0.1, 0.15) is 40.2 Å². The van der Waals surface area contributed by atoms with E-state index in [-0.39, 0.29) is 17.7 Å². The number of nitrogens with two attached hydrogens (primary N) is 1. The van der Waals surface area contributed by atoms with Crippen molar-refractivity contribution in [3.05, 3.63) is 59.4 Å². The summed E-state index contributed by atoms with van der Waals surface area (Å²) in [5.74, 6) is 0.0640. The first-order chi connectivity index (χ1) is 11.6. The first-order valence-corrected chi connectivity index (χ1v) is 8.29. The zero-order valence-electron chi connectivity index (χ0n) is 13.3. The minimum atomic E-state index is -0.430. The molecule has 0 unspecified atom stereocenters. The molecule has 2 amide bonds. The molecule has 0 spiro atoms. The predicted molar refractivity (Wildman–Crippen MR) is 90.7 cm³/mol. The van der Waals surface area contributed by atoms with E-state index in [1.165, 1.54) is 0 Å². The molecule has 2 aliphatic rings. The van der Waals surface area contributed by atoms with Gasteiger partial charge < -0.3 is 10.6 Å². The number of amides is 2. The van der Waals surface area contributed by atoms with Crippen LogP contribution in [0.4, 0.5) is 5.69 Å². The lowest BCUT2D eigenvalue weighted by Gasteiger charge is -2.30. The topological polar surface area (TPSA) is 76.3 Å². The number of benzene rings is 1. The Bertz CT molecular complexity index is 804. The second-order valence-electron chi connectivity index (χ2n) is 6.54. The van der Waals surface area contributed by atoms with Crippen molar-refractivity contribution in [3.8, 4) is 0 Å². The molecule has 2 aromatic rings. The van der Waals surface area contributed by atoms with Gasteiger partial charge in [0.15, 0.2) is 0 Å². The number of hydrogen-bond acceptors (Lipinski definition) is 3. The molecule has 0 radical (unpaired) electrons. The maximum atomic E-state index is 12.9. The fraction of sp³-hybridized carbons (Fsp3) is 0.316. The highest BCUT2D eigenvalue weighted by Crippen LogP contribution is 2.49. The van der Waals surface area contributed by atoms with Crippen molar-refractivity contribution in [2.75, 3.05) is 11.4 Å². The maximum Gasteiger partial charge on any atom is 0.248 e. The lowest BCUT2D eigenvalue weighted by Crippen LogP contribution is -2.37. The van der Waals surface area contributed by atoms with E-state index in [0.29, 0.717) is 5.56 Å². The molecule has 1 aromatic carbocycles. The number of nitrogens with zero attached hydrogens (tertiary/aromatic N) is 2. The smallest absolute Gasteiger partial charge is 0.248 e. The van der Waals surface area contributed by atoms with Crippen molar-refractivity contribution >= 4 is 17.5 Å². The molecule has 122 valence electrons. The number of primary amides is 1. The minimum absolute atomic E-state index is 0.0379. The van der Waals surface area contributed by atoms with E-state index in [4.69, 9.17) is 5.73 Å². The predicted octanol–water partition coefficient (Wildman–Crippen LogP) is 2.26. The number of anilines is 1. The number of aromatic nitrogens is 1. The lowest BCUT2D eigenvalue weighted by molar-refractivity contribution is -0.120. The summed E-state index contributed by atoms with van der Waals surface area (Å²) in [5.41, 5.74) is 8.95. The Morgan fingerprint density at radius 3 is 2.88 bits per heavy atom. The van der Waals surface area contributed by atoms with E-state index < -0.39 is 5.91 Å². The second-order valence-corrected chi connectivity index (χ2v) is 6.54. The van der Waals surface area contributed by atoms with Gasteiger partial charge in [-0.1, -0.05) is 6.07 Å². The molecule has 1 aliphatic heterocycles.